The number of carboxylic acids is 1. The molecule has 0 bridgehead atoms. The molecule has 18 heavy (non-hydrogen) atoms. The molecule has 0 fully saturated rings. The molecule has 0 spiro atoms. The average molecular weight is 267 g/mol. The summed E-state index contributed by atoms with van der Waals surface area (Å²) in [6.45, 7) is 2.27. The molecule has 0 atom stereocenters. The molecule has 2 N–H and O–H groups in total. The highest BCUT2D eigenvalue weighted by Crippen LogP contribution is 2.23. The number of carboxylic acid groups (broad SMARTS) is 1. The molecule has 0 aliphatic carbocycles. The first-order valence-corrected chi connectivity index (χ1v) is 5.63. The largest absolute Gasteiger partial charge is 0.476 e. The maximum Gasteiger partial charge on any atom is 0.358 e. The van der Waals surface area contributed by atoms with Gasteiger partial charge in [-0.05, 0) is 24.6 Å². The second-order valence-electron chi connectivity index (χ2n) is 3.82. The zero-order chi connectivity index (χ0) is 13.1. The van der Waals surface area contributed by atoms with Gasteiger partial charge in [-0.15, -0.1) is 0 Å². The lowest BCUT2D eigenvalue weighted by molar-refractivity contribution is 0.0685. The van der Waals surface area contributed by atoms with Gasteiger partial charge in [0.2, 0.25) is 0 Å². The van der Waals surface area contributed by atoms with Crippen molar-refractivity contribution in [1.29, 1.82) is 0 Å². The quantitative estimate of drug-likeness (QED) is 0.890. The first-order chi connectivity index (χ1) is 8.56. The SMILES string of the molecule is Cc1ccc(NCc2cc(C(=O)O)no2)c(Cl)c1. The minimum absolute atomic E-state index is 0.109. The molecule has 5 nitrogen and oxygen atoms in total. The van der Waals surface area contributed by atoms with Crippen LogP contribution in [0.4, 0.5) is 5.69 Å². The fourth-order valence-corrected chi connectivity index (χ4v) is 1.74. The average Bonchev–Trinajstić information content (AvgIpc) is 2.76. The molecule has 6 heteroatoms. The summed E-state index contributed by atoms with van der Waals surface area (Å²) in [5, 5.41) is 15.8. The molecule has 0 unspecified atom stereocenters. The summed E-state index contributed by atoms with van der Waals surface area (Å²) < 4.78 is 4.87. The third-order valence-corrected chi connectivity index (χ3v) is 2.67. The van der Waals surface area contributed by atoms with E-state index in [-0.39, 0.29) is 5.69 Å². The Hall–Kier alpha value is -2.01. The van der Waals surface area contributed by atoms with Gasteiger partial charge >= 0.3 is 5.97 Å². The van der Waals surface area contributed by atoms with Crippen molar-refractivity contribution in [3.05, 3.63) is 46.3 Å². The molecule has 2 aromatic rings. The van der Waals surface area contributed by atoms with Crippen LogP contribution in [0.5, 0.6) is 0 Å². The van der Waals surface area contributed by atoms with Crippen LogP contribution in [0.3, 0.4) is 0 Å². The van der Waals surface area contributed by atoms with Crippen molar-refractivity contribution in [3.8, 4) is 0 Å². The number of nitrogens with one attached hydrogen (secondary N) is 1. The van der Waals surface area contributed by atoms with E-state index in [0.717, 1.165) is 11.3 Å². The van der Waals surface area contributed by atoms with Gasteiger partial charge in [-0.1, -0.05) is 22.8 Å². The van der Waals surface area contributed by atoms with Crippen molar-refractivity contribution in [2.45, 2.75) is 13.5 Å². The Morgan fingerprint density at radius 3 is 2.89 bits per heavy atom. The second kappa shape index (κ2) is 5.10. The number of carbonyl (C=O) groups is 1. The number of anilines is 1. The zero-order valence-corrected chi connectivity index (χ0v) is 10.4. The normalized spacial score (nSPS) is 10.3. The van der Waals surface area contributed by atoms with Crippen molar-refractivity contribution in [3.63, 3.8) is 0 Å². The smallest absolute Gasteiger partial charge is 0.358 e. The fraction of sp³-hybridized carbons (Fsp3) is 0.167. The van der Waals surface area contributed by atoms with Gasteiger partial charge in [-0.2, -0.15) is 0 Å². The van der Waals surface area contributed by atoms with E-state index in [4.69, 9.17) is 21.2 Å². The molecule has 0 aliphatic rings. The Morgan fingerprint density at radius 2 is 2.28 bits per heavy atom. The van der Waals surface area contributed by atoms with E-state index in [1.54, 1.807) is 0 Å². The number of benzene rings is 1. The Kier molecular flexibility index (Phi) is 3.53. The van der Waals surface area contributed by atoms with Crippen LogP contribution in [0.1, 0.15) is 21.8 Å². The zero-order valence-electron chi connectivity index (χ0n) is 9.61. The molecule has 2 rings (SSSR count). The van der Waals surface area contributed by atoms with Gasteiger partial charge in [0.05, 0.1) is 17.3 Å². The predicted molar refractivity (Wildman–Crippen MR) is 67.0 cm³/mol. The van der Waals surface area contributed by atoms with E-state index in [1.165, 1.54) is 6.07 Å². The van der Waals surface area contributed by atoms with E-state index < -0.39 is 5.97 Å². The maximum atomic E-state index is 10.6. The molecule has 1 heterocycles. The van der Waals surface area contributed by atoms with Gasteiger partial charge in [0.1, 0.15) is 0 Å². The Balaban J connectivity index is 2.04. The Morgan fingerprint density at radius 1 is 1.50 bits per heavy atom. The topological polar surface area (TPSA) is 75.4 Å². The van der Waals surface area contributed by atoms with Crippen molar-refractivity contribution < 1.29 is 14.4 Å². The lowest BCUT2D eigenvalue weighted by Gasteiger charge is -2.06. The van der Waals surface area contributed by atoms with Gasteiger partial charge in [0.25, 0.3) is 0 Å². The van der Waals surface area contributed by atoms with E-state index in [9.17, 15) is 4.79 Å². The highest BCUT2D eigenvalue weighted by molar-refractivity contribution is 6.33. The van der Waals surface area contributed by atoms with Crippen LogP contribution in [-0.4, -0.2) is 16.2 Å². The summed E-state index contributed by atoms with van der Waals surface area (Å²) in [7, 11) is 0. The number of halogens is 1. The van der Waals surface area contributed by atoms with Crippen LogP contribution < -0.4 is 5.32 Å². The summed E-state index contributed by atoms with van der Waals surface area (Å²) in [6.07, 6.45) is 0. The van der Waals surface area contributed by atoms with E-state index >= 15 is 0 Å². The molecular formula is C12H11ClN2O3. The summed E-state index contributed by atoms with van der Waals surface area (Å²) in [4.78, 5) is 10.6. The number of aromatic nitrogens is 1. The highest BCUT2D eigenvalue weighted by atomic mass is 35.5. The number of aromatic carboxylic acids is 1. The van der Waals surface area contributed by atoms with Gasteiger partial charge in [-0.25, -0.2) is 4.79 Å². The minimum atomic E-state index is -1.11. The van der Waals surface area contributed by atoms with Gasteiger partial charge in [0, 0.05) is 6.07 Å². The predicted octanol–water partition coefficient (Wildman–Crippen LogP) is 2.95. The minimum Gasteiger partial charge on any atom is -0.476 e. The summed E-state index contributed by atoms with van der Waals surface area (Å²) in [6, 6.07) is 6.99. The monoisotopic (exact) mass is 266 g/mol. The lowest BCUT2D eigenvalue weighted by Crippen LogP contribution is -1.99. The first kappa shape index (κ1) is 12.4. The number of aryl methyl sites for hydroxylation is 1. The third kappa shape index (κ3) is 2.81. The number of hydrogen-bond donors (Lipinski definition) is 2. The van der Waals surface area contributed by atoms with E-state index in [1.807, 2.05) is 25.1 Å². The lowest BCUT2D eigenvalue weighted by atomic mass is 10.2. The van der Waals surface area contributed by atoms with Crippen molar-refractivity contribution in [1.82, 2.24) is 5.16 Å². The molecule has 0 saturated heterocycles. The van der Waals surface area contributed by atoms with E-state index in [2.05, 4.69) is 10.5 Å². The number of nitrogens with zero attached hydrogens (tertiary/aromatic N) is 1. The second-order valence-corrected chi connectivity index (χ2v) is 4.23. The van der Waals surface area contributed by atoms with Gasteiger partial charge < -0.3 is 14.9 Å². The Labute approximate surface area is 108 Å². The van der Waals surface area contributed by atoms with Gasteiger partial charge in [0.15, 0.2) is 11.5 Å². The molecule has 0 radical (unpaired) electrons. The first-order valence-electron chi connectivity index (χ1n) is 5.25. The molecule has 0 amide bonds. The standard InChI is InChI=1S/C12H11ClN2O3/c1-7-2-3-10(9(13)4-7)14-6-8-5-11(12(16)17)15-18-8/h2-5,14H,6H2,1H3,(H,16,17). The van der Waals surface area contributed by atoms with E-state index in [0.29, 0.717) is 17.3 Å². The van der Waals surface area contributed by atoms with Crippen LogP contribution in [0, 0.1) is 6.92 Å². The molecule has 1 aromatic carbocycles. The molecule has 94 valence electrons. The molecule has 0 aliphatic heterocycles. The molecular weight excluding hydrogens is 256 g/mol. The van der Waals surface area contributed by atoms with Crippen LogP contribution in [0.15, 0.2) is 28.8 Å². The van der Waals surface area contributed by atoms with Crippen molar-refractivity contribution >= 4 is 23.3 Å². The van der Waals surface area contributed by atoms with Crippen LogP contribution in [0.2, 0.25) is 5.02 Å². The Bertz CT molecular complexity index is 580. The van der Waals surface area contributed by atoms with Crippen molar-refractivity contribution in [2.24, 2.45) is 0 Å². The van der Waals surface area contributed by atoms with Crippen LogP contribution in [0.25, 0.3) is 0 Å². The molecule has 1 aromatic heterocycles. The fourth-order valence-electron chi connectivity index (χ4n) is 1.44. The molecule has 0 saturated carbocycles. The number of rotatable bonds is 4. The maximum absolute atomic E-state index is 10.6. The van der Waals surface area contributed by atoms with Gasteiger partial charge in [-0.3, -0.25) is 0 Å². The number of hydrogen-bond acceptors (Lipinski definition) is 4. The van der Waals surface area contributed by atoms with Crippen molar-refractivity contribution in [2.75, 3.05) is 5.32 Å². The third-order valence-electron chi connectivity index (χ3n) is 2.36. The summed E-state index contributed by atoms with van der Waals surface area (Å²) in [5.41, 5.74) is 1.72. The van der Waals surface area contributed by atoms with Crippen LogP contribution in [-0.2, 0) is 6.54 Å². The van der Waals surface area contributed by atoms with Crippen LogP contribution >= 0.6 is 11.6 Å². The highest BCUT2D eigenvalue weighted by Gasteiger charge is 2.10. The summed E-state index contributed by atoms with van der Waals surface area (Å²) >= 11 is 6.05. The summed E-state index contributed by atoms with van der Waals surface area (Å²) in [5.74, 6) is -0.678.